The van der Waals surface area contributed by atoms with Gasteiger partial charge >= 0.3 is 0 Å². The van der Waals surface area contributed by atoms with Gasteiger partial charge in [-0.05, 0) is 38.8 Å². The summed E-state index contributed by atoms with van der Waals surface area (Å²) in [7, 11) is 0. The van der Waals surface area contributed by atoms with Crippen molar-refractivity contribution in [3.05, 3.63) is 22.9 Å². The highest BCUT2D eigenvalue weighted by Crippen LogP contribution is 2.25. The van der Waals surface area contributed by atoms with Gasteiger partial charge in [0.25, 0.3) is 0 Å². The smallest absolute Gasteiger partial charge is 0.133 e. The molecule has 1 saturated heterocycles. The number of hydrogen-bond acceptors (Lipinski definition) is 3. The van der Waals surface area contributed by atoms with Crippen molar-refractivity contribution in [3.63, 3.8) is 0 Å². The van der Waals surface area contributed by atoms with Crippen LogP contribution in [0.2, 0.25) is 0 Å². The van der Waals surface area contributed by atoms with Crippen molar-refractivity contribution in [2.24, 2.45) is 0 Å². The average molecular weight is 269 g/mol. The van der Waals surface area contributed by atoms with Crippen LogP contribution in [-0.4, -0.2) is 30.8 Å². The Kier molecular flexibility index (Phi) is 4.46. The molecule has 1 atom stereocenters. The first-order valence-electron chi connectivity index (χ1n) is 6.51. The summed E-state index contributed by atoms with van der Waals surface area (Å²) in [6, 6.07) is 2.10. The SMILES string of the molecule is Cc1cc(C)c(CCl)c(N2CCCOC(C)C2)n1. The largest absolute Gasteiger partial charge is 0.377 e. The molecule has 1 aliphatic heterocycles. The topological polar surface area (TPSA) is 25.4 Å². The van der Waals surface area contributed by atoms with Crippen LogP contribution >= 0.6 is 11.6 Å². The van der Waals surface area contributed by atoms with Crippen LogP contribution in [0.1, 0.15) is 30.2 Å². The molecule has 3 nitrogen and oxygen atoms in total. The molecule has 0 aromatic carbocycles. The van der Waals surface area contributed by atoms with Gasteiger partial charge in [0.15, 0.2) is 0 Å². The minimum atomic E-state index is 0.248. The molecular formula is C14H21ClN2O. The number of ether oxygens (including phenoxy) is 1. The van der Waals surface area contributed by atoms with Crippen LogP contribution in [0, 0.1) is 13.8 Å². The quantitative estimate of drug-likeness (QED) is 0.771. The van der Waals surface area contributed by atoms with Crippen LogP contribution in [0.25, 0.3) is 0 Å². The highest BCUT2D eigenvalue weighted by Gasteiger charge is 2.20. The lowest BCUT2D eigenvalue weighted by molar-refractivity contribution is 0.0820. The molecule has 0 saturated carbocycles. The molecule has 2 heterocycles. The van der Waals surface area contributed by atoms with Crippen LogP contribution < -0.4 is 4.90 Å². The Morgan fingerprint density at radius 1 is 1.50 bits per heavy atom. The van der Waals surface area contributed by atoms with E-state index in [1.807, 2.05) is 6.92 Å². The fraction of sp³-hybridized carbons (Fsp3) is 0.643. The summed E-state index contributed by atoms with van der Waals surface area (Å²) in [4.78, 5) is 7.01. The number of nitrogens with zero attached hydrogens (tertiary/aromatic N) is 2. The van der Waals surface area contributed by atoms with Gasteiger partial charge in [-0.2, -0.15) is 0 Å². The highest BCUT2D eigenvalue weighted by atomic mass is 35.5. The van der Waals surface area contributed by atoms with Crippen LogP contribution in [0.3, 0.4) is 0 Å². The second kappa shape index (κ2) is 5.89. The van der Waals surface area contributed by atoms with Crippen molar-refractivity contribution >= 4 is 17.4 Å². The Morgan fingerprint density at radius 2 is 2.28 bits per heavy atom. The van der Waals surface area contributed by atoms with Gasteiger partial charge in [0, 0.05) is 31.0 Å². The lowest BCUT2D eigenvalue weighted by atomic mass is 10.1. The van der Waals surface area contributed by atoms with E-state index in [1.54, 1.807) is 0 Å². The maximum atomic E-state index is 6.09. The number of aromatic nitrogens is 1. The molecule has 0 N–H and O–H groups in total. The Hall–Kier alpha value is -0.800. The zero-order valence-electron chi connectivity index (χ0n) is 11.4. The number of alkyl halides is 1. The monoisotopic (exact) mass is 268 g/mol. The standard InChI is InChI=1S/C14H21ClN2O/c1-10-7-11(2)16-14(13(10)8-15)17-5-4-6-18-12(3)9-17/h7,12H,4-6,8-9H2,1-3H3. The molecule has 1 aromatic heterocycles. The van der Waals surface area contributed by atoms with Crippen molar-refractivity contribution in [1.29, 1.82) is 0 Å². The normalized spacial score (nSPS) is 20.9. The van der Waals surface area contributed by atoms with Crippen LogP contribution in [0.15, 0.2) is 6.07 Å². The maximum absolute atomic E-state index is 6.09. The first-order valence-corrected chi connectivity index (χ1v) is 7.05. The second-order valence-electron chi connectivity index (χ2n) is 5.00. The van der Waals surface area contributed by atoms with Crippen molar-refractivity contribution in [2.45, 2.75) is 39.2 Å². The van der Waals surface area contributed by atoms with E-state index in [0.717, 1.165) is 43.2 Å². The third-order valence-corrected chi connectivity index (χ3v) is 3.61. The van der Waals surface area contributed by atoms with Gasteiger partial charge in [0.2, 0.25) is 0 Å². The highest BCUT2D eigenvalue weighted by molar-refractivity contribution is 6.17. The Labute approximate surface area is 114 Å². The van der Waals surface area contributed by atoms with E-state index in [-0.39, 0.29) is 6.10 Å². The molecule has 1 aromatic rings. The van der Waals surface area contributed by atoms with Gasteiger partial charge in [0.1, 0.15) is 5.82 Å². The Balaban J connectivity index is 2.35. The van der Waals surface area contributed by atoms with Crippen molar-refractivity contribution in [2.75, 3.05) is 24.6 Å². The molecule has 18 heavy (non-hydrogen) atoms. The van der Waals surface area contributed by atoms with E-state index in [1.165, 1.54) is 5.56 Å². The molecule has 1 aliphatic rings. The predicted octanol–water partition coefficient (Wildman–Crippen LogP) is 3.05. The fourth-order valence-corrected chi connectivity index (χ4v) is 2.79. The zero-order chi connectivity index (χ0) is 13.1. The van der Waals surface area contributed by atoms with Crippen molar-refractivity contribution in [3.8, 4) is 0 Å². The van der Waals surface area contributed by atoms with Crippen LogP contribution in [0.5, 0.6) is 0 Å². The number of aryl methyl sites for hydroxylation is 2. The summed E-state index contributed by atoms with van der Waals surface area (Å²) >= 11 is 6.09. The number of hydrogen-bond donors (Lipinski definition) is 0. The van der Waals surface area contributed by atoms with E-state index in [0.29, 0.717) is 5.88 Å². The minimum absolute atomic E-state index is 0.248. The maximum Gasteiger partial charge on any atom is 0.133 e. The second-order valence-corrected chi connectivity index (χ2v) is 5.26. The molecule has 0 bridgehead atoms. The van der Waals surface area contributed by atoms with Gasteiger partial charge in [-0.3, -0.25) is 0 Å². The third kappa shape index (κ3) is 2.96. The lowest BCUT2D eigenvalue weighted by Gasteiger charge is -2.26. The minimum Gasteiger partial charge on any atom is -0.377 e. The van der Waals surface area contributed by atoms with E-state index in [4.69, 9.17) is 21.3 Å². The molecule has 4 heteroatoms. The number of pyridine rings is 1. The third-order valence-electron chi connectivity index (χ3n) is 3.34. The molecule has 1 unspecified atom stereocenters. The Morgan fingerprint density at radius 3 is 3.00 bits per heavy atom. The molecule has 2 rings (SSSR count). The summed E-state index contributed by atoms with van der Waals surface area (Å²) < 4.78 is 5.69. The predicted molar refractivity (Wildman–Crippen MR) is 75.5 cm³/mol. The van der Waals surface area contributed by atoms with Crippen molar-refractivity contribution < 1.29 is 4.74 Å². The van der Waals surface area contributed by atoms with Gasteiger partial charge < -0.3 is 9.64 Å². The molecule has 0 spiro atoms. The Bertz CT molecular complexity index is 423. The number of rotatable bonds is 2. The average Bonchev–Trinajstić information content (AvgIpc) is 2.53. The van der Waals surface area contributed by atoms with E-state index < -0.39 is 0 Å². The van der Waals surface area contributed by atoms with Crippen LogP contribution in [-0.2, 0) is 10.6 Å². The van der Waals surface area contributed by atoms with E-state index >= 15 is 0 Å². The van der Waals surface area contributed by atoms with E-state index in [2.05, 4.69) is 24.8 Å². The summed E-state index contributed by atoms with van der Waals surface area (Å²) in [5.41, 5.74) is 3.43. The van der Waals surface area contributed by atoms with Crippen molar-refractivity contribution in [1.82, 2.24) is 4.98 Å². The van der Waals surface area contributed by atoms with E-state index in [9.17, 15) is 0 Å². The molecule has 0 radical (unpaired) electrons. The summed E-state index contributed by atoms with van der Waals surface area (Å²) in [5.74, 6) is 1.56. The number of halogens is 1. The fourth-order valence-electron chi connectivity index (χ4n) is 2.46. The van der Waals surface area contributed by atoms with Gasteiger partial charge in [0.05, 0.1) is 12.0 Å². The zero-order valence-corrected chi connectivity index (χ0v) is 12.1. The van der Waals surface area contributed by atoms with Gasteiger partial charge in [-0.1, -0.05) is 0 Å². The lowest BCUT2D eigenvalue weighted by Crippen LogP contribution is -2.32. The summed E-state index contributed by atoms with van der Waals surface area (Å²) in [6.07, 6.45) is 1.29. The molecule has 0 amide bonds. The molecule has 100 valence electrons. The first-order chi connectivity index (χ1) is 8.61. The summed E-state index contributed by atoms with van der Waals surface area (Å²) in [6.45, 7) is 8.96. The summed E-state index contributed by atoms with van der Waals surface area (Å²) in [5, 5.41) is 0. The number of anilines is 1. The first kappa shape index (κ1) is 13.6. The molecular weight excluding hydrogens is 248 g/mol. The van der Waals surface area contributed by atoms with Gasteiger partial charge in [-0.15, -0.1) is 11.6 Å². The molecule has 1 fully saturated rings. The molecule has 0 aliphatic carbocycles. The van der Waals surface area contributed by atoms with Gasteiger partial charge in [-0.25, -0.2) is 4.98 Å². The van der Waals surface area contributed by atoms with Crippen LogP contribution in [0.4, 0.5) is 5.82 Å².